The maximum absolute atomic E-state index is 5.32. The molecule has 0 fully saturated rings. The van der Waals surface area contributed by atoms with Gasteiger partial charge >= 0.3 is 0 Å². The van der Waals surface area contributed by atoms with Gasteiger partial charge in [0.1, 0.15) is 0 Å². The van der Waals surface area contributed by atoms with Crippen LogP contribution in [0.1, 0.15) is 6.92 Å². The first-order chi connectivity index (χ1) is 7.17. The number of nitrogens with two attached hydrogens (primary N) is 1. The fraction of sp³-hybridized carbons (Fsp3) is 0.222. The molecule has 0 atom stereocenters. The molecule has 0 aliphatic carbocycles. The number of guanidine groups is 1. The minimum atomic E-state index is 0.542. The standard InChI is InChI=1S/C9H12Br2N4/c1-2-13-9(15-12)14-8-4-3-6(10)5-7(8)11/h3-5H,2,12H2,1H3,(H2,13,14,15). The monoisotopic (exact) mass is 334 g/mol. The van der Waals surface area contributed by atoms with E-state index in [1.165, 1.54) is 0 Å². The number of hydrogen-bond donors (Lipinski definition) is 3. The highest BCUT2D eigenvalue weighted by Gasteiger charge is 2.02. The van der Waals surface area contributed by atoms with Crippen LogP contribution < -0.4 is 16.6 Å². The van der Waals surface area contributed by atoms with Crippen LogP contribution in [-0.2, 0) is 0 Å². The van der Waals surface area contributed by atoms with Gasteiger partial charge in [0.05, 0.1) is 5.69 Å². The molecule has 0 saturated heterocycles. The molecule has 0 heterocycles. The van der Waals surface area contributed by atoms with Gasteiger partial charge in [0.2, 0.25) is 5.96 Å². The molecule has 1 rings (SSSR count). The molecule has 82 valence electrons. The SMILES string of the molecule is CCN=C(NN)Nc1ccc(Br)cc1Br. The van der Waals surface area contributed by atoms with Crippen molar-refractivity contribution in [3.63, 3.8) is 0 Å². The Kier molecular flexibility index (Phi) is 5.07. The summed E-state index contributed by atoms with van der Waals surface area (Å²) in [4.78, 5) is 4.14. The zero-order chi connectivity index (χ0) is 11.3. The second kappa shape index (κ2) is 6.09. The lowest BCUT2D eigenvalue weighted by molar-refractivity contribution is 0.986. The van der Waals surface area contributed by atoms with Gasteiger partial charge in [-0.15, -0.1) is 0 Å². The number of aliphatic imine (C=N–C) groups is 1. The maximum atomic E-state index is 5.32. The van der Waals surface area contributed by atoms with Gasteiger partial charge < -0.3 is 5.32 Å². The summed E-state index contributed by atoms with van der Waals surface area (Å²) in [5, 5.41) is 3.07. The Morgan fingerprint density at radius 1 is 1.47 bits per heavy atom. The van der Waals surface area contributed by atoms with Crippen LogP contribution in [0.5, 0.6) is 0 Å². The van der Waals surface area contributed by atoms with Crippen molar-refractivity contribution in [3.05, 3.63) is 27.1 Å². The van der Waals surface area contributed by atoms with E-state index in [9.17, 15) is 0 Å². The fourth-order valence-corrected chi connectivity index (χ4v) is 2.14. The molecule has 4 N–H and O–H groups in total. The van der Waals surface area contributed by atoms with E-state index in [-0.39, 0.29) is 0 Å². The van der Waals surface area contributed by atoms with Crippen LogP contribution in [0.3, 0.4) is 0 Å². The van der Waals surface area contributed by atoms with Gasteiger partial charge in [-0.25, -0.2) is 5.84 Å². The van der Waals surface area contributed by atoms with Gasteiger partial charge in [-0.2, -0.15) is 0 Å². The molecular weight excluding hydrogens is 324 g/mol. The average molecular weight is 336 g/mol. The summed E-state index contributed by atoms with van der Waals surface area (Å²) >= 11 is 6.82. The Labute approximate surface area is 106 Å². The van der Waals surface area contributed by atoms with Crippen molar-refractivity contribution in [2.24, 2.45) is 10.8 Å². The van der Waals surface area contributed by atoms with Crippen LogP contribution in [0.25, 0.3) is 0 Å². The smallest absolute Gasteiger partial charge is 0.210 e. The van der Waals surface area contributed by atoms with Crippen LogP contribution in [0.15, 0.2) is 32.1 Å². The second-order valence-corrected chi connectivity index (χ2v) is 4.49. The van der Waals surface area contributed by atoms with Gasteiger partial charge in [0.15, 0.2) is 0 Å². The molecule has 4 nitrogen and oxygen atoms in total. The van der Waals surface area contributed by atoms with E-state index < -0.39 is 0 Å². The molecule has 15 heavy (non-hydrogen) atoms. The predicted molar refractivity (Wildman–Crippen MR) is 70.8 cm³/mol. The summed E-state index contributed by atoms with van der Waals surface area (Å²) in [5.74, 6) is 5.86. The Bertz CT molecular complexity index is 365. The number of halogens is 2. The third kappa shape index (κ3) is 3.81. The summed E-state index contributed by atoms with van der Waals surface area (Å²) in [6.45, 7) is 2.61. The highest BCUT2D eigenvalue weighted by molar-refractivity contribution is 9.11. The van der Waals surface area contributed by atoms with Gasteiger partial charge in [0, 0.05) is 15.5 Å². The molecule has 0 saturated carbocycles. The predicted octanol–water partition coefficient (Wildman–Crippen LogP) is 2.46. The van der Waals surface area contributed by atoms with Crippen molar-refractivity contribution in [1.29, 1.82) is 0 Å². The van der Waals surface area contributed by atoms with Crippen LogP contribution in [-0.4, -0.2) is 12.5 Å². The Balaban J connectivity index is 2.84. The van der Waals surface area contributed by atoms with Gasteiger partial charge in [-0.3, -0.25) is 10.4 Å². The summed E-state index contributed by atoms with van der Waals surface area (Å²) in [6, 6.07) is 5.81. The normalized spacial score (nSPS) is 11.3. The molecule has 0 amide bonds. The molecule has 0 radical (unpaired) electrons. The molecule has 1 aromatic rings. The number of benzene rings is 1. The fourth-order valence-electron chi connectivity index (χ4n) is 0.998. The van der Waals surface area contributed by atoms with E-state index >= 15 is 0 Å². The summed E-state index contributed by atoms with van der Waals surface area (Å²) in [6.07, 6.45) is 0. The molecule has 0 unspecified atom stereocenters. The van der Waals surface area contributed by atoms with E-state index in [4.69, 9.17) is 5.84 Å². The number of hydrazine groups is 1. The van der Waals surface area contributed by atoms with Gasteiger partial charge in [0.25, 0.3) is 0 Å². The average Bonchev–Trinajstić information content (AvgIpc) is 2.21. The quantitative estimate of drug-likeness (QED) is 0.337. The molecule has 1 aromatic carbocycles. The Morgan fingerprint density at radius 2 is 2.20 bits per heavy atom. The van der Waals surface area contributed by atoms with Crippen molar-refractivity contribution in [1.82, 2.24) is 5.43 Å². The van der Waals surface area contributed by atoms with Crippen LogP contribution in [0.2, 0.25) is 0 Å². The zero-order valence-electron chi connectivity index (χ0n) is 8.22. The molecule has 0 aromatic heterocycles. The lowest BCUT2D eigenvalue weighted by Crippen LogP contribution is -2.36. The number of rotatable bonds is 2. The van der Waals surface area contributed by atoms with Crippen LogP contribution >= 0.6 is 31.9 Å². The first kappa shape index (κ1) is 12.5. The summed E-state index contributed by atoms with van der Waals surface area (Å²) < 4.78 is 1.95. The third-order valence-corrected chi connectivity index (χ3v) is 2.79. The van der Waals surface area contributed by atoms with Crippen LogP contribution in [0, 0.1) is 0 Å². The molecule has 0 bridgehead atoms. The molecule has 0 aliphatic rings. The maximum Gasteiger partial charge on any atom is 0.210 e. The highest BCUT2D eigenvalue weighted by Crippen LogP contribution is 2.25. The van der Waals surface area contributed by atoms with Crippen LogP contribution in [0.4, 0.5) is 5.69 Å². The van der Waals surface area contributed by atoms with Gasteiger partial charge in [-0.05, 0) is 41.1 Å². The lowest BCUT2D eigenvalue weighted by atomic mass is 10.3. The van der Waals surface area contributed by atoms with E-state index in [1.807, 2.05) is 25.1 Å². The zero-order valence-corrected chi connectivity index (χ0v) is 11.4. The second-order valence-electron chi connectivity index (χ2n) is 2.72. The number of nitrogens with one attached hydrogen (secondary N) is 2. The van der Waals surface area contributed by atoms with E-state index in [2.05, 4.69) is 47.6 Å². The summed E-state index contributed by atoms with van der Waals surface area (Å²) in [7, 11) is 0. The lowest BCUT2D eigenvalue weighted by Gasteiger charge is -2.10. The molecular formula is C9H12Br2N4. The number of anilines is 1. The minimum Gasteiger partial charge on any atom is -0.324 e. The highest BCUT2D eigenvalue weighted by atomic mass is 79.9. The molecule has 0 aliphatic heterocycles. The van der Waals surface area contributed by atoms with Crippen molar-refractivity contribution in [3.8, 4) is 0 Å². The van der Waals surface area contributed by atoms with Crippen molar-refractivity contribution in [2.75, 3.05) is 11.9 Å². The summed E-state index contributed by atoms with van der Waals surface area (Å²) in [5.41, 5.74) is 3.41. The Hall–Kier alpha value is -0.590. The Morgan fingerprint density at radius 3 is 2.73 bits per heavy atom. The van der Waals surface area contributed by atoms with E-state index in [0.717, 1.165) is 14.6 Å². The first-order valence-corrected chi connectivity index (χ1v) is 5.99. The first-order valence-electron chi connectivity index (χ1n) is 4.40. The third-order valence-electron chi connectivity index (χ3n) is 1.64. The molecule has 6 heteroatoms. The van der Waals surface area contributed by atoms with Gasteiger partial charge in [-0.1, -0.05) is 15.9 Å². The van der Waals surface area contributed by atoms with Crippen molar-refractivity contribution in [2.45, 2.75) is 6.92 Å². The van der Waals surface area contributed by atoms with E-state index in [0.29, 0.717) is 12.5 Å². The topological polar surface area (TPSA) is 62.4 Å². The van der Waals surface area contributed by atoms with Crippen molar-refractivity contribution >= 4 is 43.5 Å². The van der Waals surface area contributed by atoms with E-state index in [1.54, 1.807) is 0 Å². The largest absolute Gasteiger partial charge is 0.324 e. The van der Waals surface area contributed by atoms with Crippen molar-refractivity contribution < 1.29 is 0 Å². The number of hydrogen-bond acceptors (Lipinski definition) is 2. The minimum absolute atomic E-state index is 0.542. The number of nitrogens with zero attached hydrogens (tertiary/aromatic N) is 1. The molecule has 0 spiro atoms.